The van der Waals surface area contributed by atoms with E-state index in [1.54, 1.807) is 35.2 Å². The van der Waals surface area contributed by atoms with Crippen molar-refractivity contribution in [1.82, 2.24) is 24.9 Å². The minimum absolute atomic E-state index is 0.174. The molecule has 0 saturated carbocycles. The van der Waals surface area contributed by atoms with E-state index in [-0.39, 0.29) is 5.91 Å². The van der Waals surface area contributed by atoms with Gasteiger partial charge in [0.1, 0.15) is 0 Å². The summed E-state index contributed by atoms with van der Waals surface area (Å²) in [5.74, 6) is -0.174. The molecule has 2 rings (SSSR count). The third-order valence-corrected chi connectivity index (χ3v) is 2.61. The van der Waals surface area contributed by atoms with Crippen molar-refractivity contribution < 1.29 is 4.79 Å². The van der Waals surface area contributed by atoms with Crippen LogP contribution >= 0.6 is 0 Å². The zero-order valence-electron chi connectivity index (χ0n) is 10.7. The van der Waals surface area contributed by atoms with Crippen molar-refractivity contribution >= 4 is 5.91 Å². The molecular formula is C12H16N6O. The molecule has 2 N–H and O–H groups in total. The number of carbonyl (C=O) groups excluding carboxylic acids is 1. The molecule has 19 heavy (non-hydrogen) atoms. The van der Waals surface area contributed by atoms with Crippen LogP contribution in [0.4, 0.5) is 0 Å². The minimum atomic E-state index is -0.174. The molecule has 2 aromatic heterocycles. The smallest absolute Gasteiger partial charge is 0.276 e. The second kappa shape index (κ2) is 6.05. The average molecular weight is 260 g/mol. The summed E-state index contributed by atoms with van der Waals surface area (Å²) in [7, 11) is 1.72. The third kappa shape index (κ3) is 3.35. The first-order valence-electron chi connectivity index (χ1n) is 5.95. The number of hydrogen-bond acceptors (Lipinski definition) is 5. The maximum Gasteiger partial charge on any atom is 0.276 e. The Kier molecular flexibility index (Phi) is 4.19. The Labute approximate surface area is 111 Å². The number of hydrogen-bond donors (Lipinski definition) is 1. The zero-order chi connectivity index (χ0) is 13.7. The molecular weight excluding hydrogens is 244 g/mol. The molecule has 7 heteroatoms. The van der Waals surface area contributed by atoms with E-state index in [1.807, 2.05) is 12.1 Å². The summed E-state index contributed by atoms with van der Waals surface area (Å²) in [4.78, 5) is 17.7. The highest BCUT2D eigenvalue weighted by molar-refractivity contribution is 5.91. The highest BCUT2D eigenvalue weighted by atomic mass is 16.2. The van der Waals surface area contributed by atoms with E-state index in [2.05, 4.69) is 15.3 Å². The summed E-state index contributed by atoms with van der Waals surface area (Å²) >= 11 is 0. The molecule has 0 aromatic carbocycles. The van der Waals surface area contributed by atoms with Crippen molar-refractivity contribution in [2.75, 3.05) is 13.6 Å². The average Bonchev–Trinajstić information content (AvgIpc) is 2.88. The van der Waals surface area contributed by atoms with Crippen LogP contribution in [0.5, 0.6) is 0 Å². The molecule has 1 amide bonds. The van der Waals surface area contributed by atoms with Gasteiger partial charge in [-0.3, -0.25) is 14.5 Å². The number of nitrogens with zero attached hydrogens (tertiary/aromatic N) is 5. The second-order valence-electron chi connectivity index (χ2n) is 4.18. The topological polar surface area (TPSA) is 89.9 Å². The fraction of sp³-hybridized carbons (Fsp3) is 0.333. The van der Waals surface area contributed by atoms with Gasteiger partial charge in [0, 0.05) is 32.5 Å². The Bertz CT molecular complexity index is 538. The van der Waals surface area contributed by atoms with Crippen LogP contribution in [0.25, 0.3) is 0 Å². The Morgan fingerprint density at radius 1 is 1.53 bits per heavy atom. The van der Waals surface area contributed by atoms with Gasteiger partial charge < -0.3 is 10.6 Å². The number of pyridine rings is 1. The summed E-state index contributed by atoms with van der Waals surface area (Å²) < 4.78 is 1.56. The third-order valence-electron chi connectivity index (χ3n) is 2.61. The van der Waals surface area contributed by atoms with Crippen molar-refractivity contribution in [2.45, 2.75) is 13.1 Å². The molecule has 2 aromatic rings. The highest BCUT2D eigenvalue weighted by Crippen LogP contribution is 2.05. The van der Waals surface area contributed by atoms with Crippen LogP contribution in [-0.2, 0) is 13.1 Å². The van der Waals surface area contributed by atoms with Crippen molar-refractivity contribution in [1.29, 1.82) is 0 Å². The van der Waals surface area contributed by atoms with Crippen molar-refractivity contribution in [3.63, 3.8) is 0 Å². The Morgan fingerprint density at radius 2 is 2.37 bits per heavy atom. The lowest BCUT2D eigenvalue weighted by Crippen LogP contribution is -2.26. The lowest BCUT2D eigenvalue weighted by Gasteiger charge is -2.15. The number of rotatable bonds is 5. The van der Waals surface area contributed by atoms with Crippen LogP contribution in [0.1, 0.15) is 16.1 Å². The fourth-order valence-corrected chi connectivity index (χ4v) is 1.67. The summed E-state index contributed by atoms with van der Waals surface area (Å²) in [5.41, 5.74) is 6.70. The SMILES string of the molecule is CN(Cc1cccnc1)C(=O)c1cn(CCN)nn1. The van der Waals surface area contributed by atoms with Crippen LogP contribution in [0.15, 0.2) is 30.7 Å². The van der Waals surface area contributed by atoms with E-state index in [0.717, 1.165) is 5.56 Å². The van der Waals surface area contributed by atoms with E-state index in [1.165, 1.54) is 0 Å². The van der Waals surface area contributed by atoms with Gasteiger partial charge in [0.25, 0.3) is 5.91 Å². The molecule has 0 aliphatic heterocycles. The molecule has 2 heterocycles. The van der Waals surface area contributed by atoms with Gasteiger partial charge >= 0.3 is 0 Å². The standard InChI is InChI=1S/C12H16N6O/c1-17(8-10-3-2-5-14-7-10)12(19)11-9-18(6-4-13)16-15-11/h2-3,5,7,9H,4,6,8,13H2,1H3. The van der Waals surface area contributed by atoms with E-state index >= 15 is 0 Å². The van der Waals surface area contributed by atoms with Crippen LogP contribution in [0, 0.1) is 0 Å². The van der Waals surface area contributed by atoms with E-state index in [0.29, 0.717) is 25.3 Å². The fourth-order valence-electron chi connectivity index (χ4n) is 1.67. The molecule has 100 valence electrons. The van der Waals surface area contributed by atoms with Crippen molar-refractivity contribution in [3.05, 3.63) is 42.0 Å². The molecule has 0 radical (unpaired) electrons. The Balaban J connectivity index is 2.02. The van der Waals surface area contributed by atoms with E-state index in [4.69, 9.17) is 5.73 Å². The first-order chi connectivity index (χ1) is 9.20. The van der Waals surface area contributed by atoms with Gasteiger partial charge in [0.15, 0.2) is 5.69 Å². The molecule has 0 aliphatic rings. The van der Waals surface area contributed by atoms with Crippen LogP contribution < -0.4 is 5.73 Å². The zero-order valence-corrected chi connectivity index (χ0v) is 10.7. The second-order valence-corrected chi connectivity index (χ2v) is 4.18. The quantitative estimate of drug-likeness (QED) is 0.811. The lowest BCUT2D eigenvalue weighted by atomic mass is 10.2. The van der Waals surface area contributed by atoms with Crippen LogP contribution in [0.3, 0.4) is 0 Å². The van der Waals surface area contributed by atoms with Crippen LogP contribution in [-0.4, -0.2) is 44.4 Å². The number of amides is 1. The molecule has 0 fully saturated rings. The first-order valence-corrected chi connectivity index (χ1v) is 5.95. The summed E-state index contributed by atoms with van der Waals surface area (Å²) in [6.45, 7) is 1.49. The summed E-state index contributed by atoms with van der Waals surface area (Å²) in [6, 6.07) is 3.76. The number of carbonyl (C=O) groups is 1. The summed E-state index contributed by atoms with van der Waals surface area (Å²) in [6.07, 6.45) is 5.04. The van der Waals surface area contributed by atoms with Crippen molar-refractivity contribution in [2.24, 2.45) is 5.73 Å². The molecule has 0 unspecified atom stereocenters. The first kappa shape index (κ1) is 13.2. The minimum Gasteiger partial charge on any atom is -0.336 e. The van der Waals surface area contributed by atoms with Gasteiger partial charge in [-0.25, -0.2) is 0 Å². The number of aromatic nitrogens is 4. The van der Waals surface area contributed by atoms with Gasteiger partial charge in [-0.1, -0.05) is 11.3 Å². The Morgan fingerprint density at radius 3 is 3.05 bits per heavy atom. The predicted molar refractivity (Wildman–Crippen MR) is 69.1 cm³/mol. The normalized spacial score (nSPS) is 10.4. The molecule has 0 spiro atoms. The predicted octanol–water partition coefficient (Wildman–Crippen LogP) is -0.0960. The monoisotopic (exact) mass is 260 g/mol. The highest BCUT2D eigenvalue weighted by Gasteiger charge is 2.15. The number of nitrogens with two attached hydrogens (primary N) is 1. The van der Waals surface area contributed by atoms with Crippen LogP contribution in [0.2, 0.25) is 0 Å². The molecule has 0 bridgehead atoms. The van der Waals surface area contributed by atoms with Gasteiger partial charge in [0.05, 0.1) is 12.7 Å². The largest absolute Gasteiger partial charge is 0.336 e. The summed E-state index contributed by atoms with van der Waals surface area (Å²) in [5, 5.41) is 7.69. The van der Waals surface area contributed by atoms with Gasteiger partial charge in [0.2, 0.25) is 0 Å². The lowest BCUT2D eigenvalue weighted by molar-refractivity contribution is 0.0779. The van der Waals surface area contributed by atoms with E-state index < -0.39 is 0 Å². The van der Waals surface area contributed by atoms with Gasteiger partial charge in [-0.05, 0) is 11.6 Å². The maximum absolute atomic E-state index is 12.1. The van der Waals surface area contributed by atoms with Gasteiger partial charge in [-0.2, -0.15) is 0 Å². The van der Waals surface area contributed by atoms with E-state index in [9.17, 15) is 4.79 Å². The molecule has 0 atom stereocenters. The van der Waals surface area contributed by atoms with Gasteiger partial charge in [-0.15, -0.1) is 5.10 Å². The molecule has 0 saturated heterocycles. The van der Waals surface area contributed by atoms with Crippen molar-refractivity contribution in [3.8, 4) is 0 Å². The molecule has 7 nitrogen and oxygen atoms in total. The Hall–Kier alpha value is -2.28. The molecule has 0 aliphatic carbocycles. The maximum atomic E-state index is 12.1.